The van der Waals surface area contributed by atoms with Crippen LogP contribution in [-0.2, 0) is 21.7 Å². The summed E-state index contributed by atoms with van der Waals surface area (Å²) in [5.74, 6) is 1.86. The molecule has 224 valence electrons. The third-order valence-corrected chi connectivity index (χ3v) is 8.61. The number of allylic oxidation sites excluding steroid dienone is 1. The minimum absolute atomic E-state index is 0.244. The number of aromatic nitrogens is 3. The molecule has 5 rings (SSSR count). The van der Waals surface area contributed by atoms with Crippen LogP contribution in [-0.4, -0.2) is 40.6 Å². The summed E-state index contributed by atoms with van der Waals surface area (Å²) >= 11 is 11.6. The summed E-state index contributed by atoms with van der Waals surface area (Å²) in [7, 11) is 0. The van der Waals surface area contributed by atoms with E-state index in [0.29, 0.717) is 62.3 Å². The minimum atomic E-state index is -0.619. The molecule has 11 heteroatoms. The molecule has 1 aromatic heterocycles. The third-order valence-electron chi connectivity index (χ3n) is 6.77. The number of rotatable bonds is 12. The average Bonchev–Trinajstić information content (AvgIpc) is 3.40. The Morgan fingerprint density at radius 1 is 1.07 bits per heavy atom. The van der Waals surface area contributed by atoms with E-state index < -0.39 is 12.0 Å². The zero-order valence-corrected chi connectivity index (χ0v) is 27.3. The molecule has 1 N–H and O–H groups in total. The van der Waals surface area contributed by atoms with Gasteiger partial charge in [-0.2, -0.15) is 4.98 Å². The summed E-state index contributed by atoms with van der Waals surface area (Å²) < 4.78 is 20.2. The molecule has 0 amide bonds. The number of ether oxygens (including phenoxy) is 3. The first kappa shape index (κ1) is 31.0. The topological polar surface area (TPSA) is 87.5 Å². The van der Waals surface area contributed by atoms with Gasteiger partial charge in [-0.1, -0.05) is 71.9 Å². The molecule has 0 spiro atoms. The smallest absolute Gasteiger partial charge is 0.338 e. The van der Waals surface area contributed by atoms with E-state index in [9.17, 15) is 4.79 Å². The molecular weight excluding hydrogens is 652 g/mol. The molecule has 8 nitrogen and oxygen atoms in total. The second kappa shape index (κ2) is 14.3. The number of fused-ring (bicyclic) bond motifs is 1. The van der Waals surface area contributed by atoms with Crippen LogP contribution in [0, 0.1) is 0 Å². The van der Waals surface area contributed by atoms with Crippen molar-refractivity contribution in [1.29, 1.82) is 0 Å². The maximum Gasteiger partial charge on any atom is 0.338 e. The summed E-state index contributed by atoms with van der Waals surface area (Å²) in [5.41, 5.74) is 4.02. The number of hydrogen-bond acceptors (Lipinski definition) is 8. The predicted octanol–water partition coefficient (Wildman–Crippen LogP) is 7.86. The largest absolute Gasteiger partial charge is 0.490 e. The Hall–Kier alpha value is -3.47. The van der Waals surface area contributed by atoms with Crippen molar-refractivity contribution >= 4 is 51.2 Å². The van der Waals surface area contributed by atoms with Crippen LogP contribution in [0.15, 0.2) is 87.6 Å². The molecule has 0 aliphatic carbocycles. The van der Waals surface area contributed by atoms with Gasteiger partial charge >= 0.3 is 5.97 Å². The van der Waals surface area contributed by atoms with Gasteiger partial charge in [-0.05, 0) is 71.6 Å². The van der Waals surface area contributed by atoms with Crippen LogP contribution in [0.5, 0.6) is 11.5 Å². The second-order valence-corrected chi connectivity index (χ2v) is 11.9. The summed E-state index contributed by atoms with van der Waals surface area (Å²) in [6.07, 6.45) is 0.751. The zero-order chi connectivity index (χ0) is 30.3. The maximum absolute atomic E-state index is 13.3. The quantitative estimate of drug-likeness (QED) is 0.119. The van der Waals surface area contributed by atoms with E-state index in [-0.39, 0.29) is 6.61 Å². The van der Waals surface area contributed by atoms with Crippen molar-refractivity contribution in [2.24, 2.45) is 0 Å². The lowest BCUT2D eigenvalue weighted by molar-refractivity contribution is -0.139. The van der Waals surface area contributed by atoms with Crippen molar-refractivity contribution in [3.8, 4) is 11.5 Å². The summed E-state index contributed by atoms with van der Waals surface area (Å²) in [6, 6.07) is 21.1. The molecule has 0 fully saturated rings. The summed E-state index contributed by atoms with van der Waals surface area (Å²) in [6.45, 7) is 6.71. The molecule has 1 unspecified atom stereocenters. The highest BCUT2D eigenvalue weighted by Crippen LogP contribution is 2.43. The Balaban J connectivity index is 1.49. The highest BCUT2D eigenvalue weighted by molar-refractivity contribution is 9.10. The molecule has 1 aliphatic rings. The Labute approximate surface area is 268 Å². The number of halogens is 2. The van der Waals surface area contributed by atoms with E-state index >= 15 is 0 Å². The van der Waals surface area contributed by atoms with E-state index in [4.69, 9.17) is 35.9 Å². The zero-order valence-electron chi connectivity index (χ0n) is 24.1. The monoisotopic (exact) mass is 682 g/mol. The number of benzene rings is 3. The van der Waals surface area contributed by atoms with E-state index in [1.807, 2.05) is 68.4 Å². The van der Waals surface area contributed by atoms with Crippen molar-refractivity contribution in [2.45, 2.75) is 44.1 Å². The van der Waals surface area contributed by atoms with Crippen LogP contribution in [0.2, 0.25) is 5.02 Å². The van der Waals surface area contributed by atoms with Crippen LogP contribution >= 0.6 is 39.3 Å². The molecule has 1 atom stereocenters. The van der Waals surface area contributed by atoms with Gasteiger partial charge in [0.05, 0.1) is 29.9 Å². The Kier molecular flexibility index (Phi) is 10.3. The first-order chi connectivity index (χ1) is 20.9. The number of thioether (sulfide) groups is 1. The van der Waals surface area contributed by atoms with Crippen LogP contribution in [0.3, 0.4) is 0 Å². The Bertz CT molecular complexity index is 1630. The van der Waals surface area contributed by atoms with E-state index in [1.54, 1.807) is 11.6 Å². The van der Waals surface area contributed by atoms with Crippen molar-refractivity contribution in [3.05, 3.63) is 104 Å². The van der Waals surface area contributed by atoms with E-state index in [1.165, 1.54) is 17.3 Å². The van der Waals surface area contributed by atoms with E-state index in [2.05, 4.69) is 33.4 Å². The van der Waals surface area contributed by atoms with Crippen LogP contribution in [0.25, 0.3) is 0 Å². The van der Waals surface area contributed by atoms with Crippen LogP contribution in [0.4, 0.5) is 5.95 Å². The van der Waals surface area contributed by atoms with Gasteiger partial charge in [-0.25, -0.2) is 9.48 Å². The number of nitrogens with one attached hydrogen (secondary N) is 1. The van der Waals surface area contributed by atoms with Gasteiger partial charge in [-0.3, -0.25) is 0 Å². The number of esters is 1. The van der Waals surface area contributed by atoms with Gasteiger partial charge in [0.1, 0.15) is 6.04 Å². The van der Waals surface area contributed by atoms with Crippen molar-refractivity contribution in [3.63, 3.8) is 0 Å². The molecule has 0 saturated heterocycles. The maximum atomic E-state index is 13.3. The van der Waals surface area contributed by atoms with Gasteiger partial charge in [0, 0.05) is 22.9 Å². The highest BCUT2D eigenvalue weighted by atomic mass is 79.9. The molecule has 43 heavy (non-hydrogen) atoms. The van der Waals surface area contributed by atoms with Crippen molar-refractivity contribution < 1.29 is 19.0 Å². The van der Waals surface area contributed by atoms with Crippen LogP contribution in [0.1, 0.15) is 43.5 Å². The van der Waals surface area contributed by atoms with Crippen LogP contribution < -0.4 is 14.8 Å². The molecule has 1 aliphatic heterocycles. The fourth-order valence-electron chi connectivity index (χ4n) is 4.80. The van der Waals surface area contributed by atoms with E-state index in [0.717, 1.165) is 17.5 Å². The molecule has 4 aromatic rings. The van der Waals surface area contributed by atoms with Crippen molar-refractivity contribution in [2.75, 3.05) is 25.1 Å². The number of anilines is 1. The number of carbonyl (C=O) groups is 1. The number of hydrogen-bond donors (Lipinski definition) is 1. The van der Waals surface area contributed by atoms with Gasteiger partial charge in [-0.15, -0.1) is 5.10 Å². The first-order valence-electron chi connectivity index (χ1n) is 14.0. The summed E-state index contributed by atoms with van der Waals surface area (Å²) in [5, 5.41) is 9.32. The van der Waals surface area contributed by atoms with Crippen molar-refractivity contribution in [1.82, 2.24) is 14.8 Å². The lowest BCUT2D eigenvalue weighted by atomic mass is 9.95. The second-order valence-electron chi connectivity index (χ2n) is 9.68. The fraction of sp³-hybridized carbons (Fsp3) is 0.281. The third kappa shape index (κ3) is 7.20. The summed E-state index contributed by atoms with van der Waals surface area (Å²) in [4.78, 5) is 18.1. The lowest BCUT2D eigenvalue weighted by Crippen LogP contribution is -2.29. The fourth-order valence-corrected chi connectivity index (χ4v) is 6.49. The molecule has 2 heterocycles. The molecule has 3 aromatic carbocycles. The number of nitrogens with zero attached hydrogens (tertiary/aromatic N) is 3. The van der Waals surface area contributed by atoms with Gasteiger partial charge in [0.25, 0.3) is 0 Å². The lowest BCUT2D eigenvalue weighted by Gasteiger charge is -2.28. The normalized spacial score (nSPS) is 14.2. The molecular formula is C32H32BrClN4O4S. The molecule has 0 radical (unpaired) electrons. The van der Waals surface area contributed by atoms with Gasteiger partial charge in [0.2, 0.25) is 11.1 Å². The average molecular weight is 684 g/mol. The van der Waals surface area contributed by atoms with Gasteiger partial charge < -0.3 is 19.5 Å². The standard InChI is InChI=1S/C32H32BrClN4O4S/c1-4-40-26-18-23(17-24(33)29(26)42-16-15-21-11-7-6-8-12-21)28-27(30(39)41-5-2)20(3)35-31-36-32(37-38(28)31)43-19-22-13-9-10-14-25(22)34/h6-14,17-18,28H,4-5,15-16,19H2,1-3H3,(H,35,36,37). The first-order valence-corrected chi connectivity index (χ1v) is 16.2. The molecule has 0 bridgehead atoms. The highest BCUT2D eigenvalue weighted by Gasteiger charge is 2.36. The number of carbonyl (C=O) groups excluding carboxylic acids is 1. The minimum Gasteiger partial charge on any atom is -0.490 e. The SMILES string of the molecule is CCOC(=O)C1=C(C)Nc2nc(SCc3ccccc3Cl)nn2C1c1cc(Br)c(OCCc2ccccc2)c(OCC)c1. The van der Waals surface area contributed by atoms with Gasteiger partial charge in [0.15, 0.2) is 11.5 Å². The molecule has 0 saturated carbocycles. The predicted molar refractivity (Wildman–Crippen MR) is 173 cm³/mol. The Morgan fingerprint density at radius 2 is 1.84 bits per heavy atom. The Morgan fingerprint density at radius 3 is 2.58 bits per heavy atom.